The number of amides is 1. The Labute approximate surface area is 106 Å². The zero-order chi connectivity index (χ0) is 13.5. The number of aromatic nitrogens is 2. The van der Waals surface area contributed by atoms with E-state index in [1.165, 1.54) is 0 Å². The predicted octanol–water partition coefficient (Wildman–Crippen LogP) is -0.00480. The summed E-state index contributed by atoms with van der Waals surface area (Å²) in [6, 6.07) is 3.20. The molecule has 0 radical (unpaired) electrons. The second kappa shape index (κ2) is 6.87. The molecule has 0 unspecified atom stereocenters. The Balaban J connectivity index is 2.80. The molecule has 100 valence electrons. The van der Waals surface area contributed by atoms with E-state index in [1.54, 1.807) is 17.0 Å². The lowest BCUT2D eigenvalue weighted by molar-refractivity contribution is 0.0686. The maximum Gasteiger partial charge on any atom is 0.274 e. The number of carbonyl (C=O) groups excluding carboxylic acids is 1. The summed E-state index contributed by atoms with van der Waals surface area (Å²) in [6.07, 6.45) is 0.541. The second-order valence-corrected chi connectivity index (χ2v) is 4.12. The van der Waals surface area contributed by atoms with Gasteiger partial charge in [-0.15, -0.1) is 10.2 Å². The fourth-order valence-corrected chi connectivity index (χ4v) is 1.51. The Morgan fingerprint density at radius 3 is 2.67 bits per heavy atom. The third-order valence-electron chi connectivity index (χ3n) is 2.47. The van der Waals surface area contributed by atoms with E-state index in [0.29, 0.717) is 18.8 Å². The molecule has 4 N–H and O–H groups in total. The van der Waals surface area contributed by atoms with Gasteiger partial charge in [-0.3, -0.25) is 4.79 Å². The van der Waals surface area contributed by atoms with Crippen LogP contribution in [0.2, 0.25) is 0 Å². The topological polar surface area (TPSA) is 104 Å². The van der Waals surface area contributed by atoms with Crippen molar-refractivity contribution >= 4 is 11.7 Å². The van der Waals surface area contributed by atoms with Crippen molar-refractivity contribution in [2.24, 2.45) is 5.84 Å². The standard InChI is InChI=1S/C11H19N5O2/c1-8(2)16(6-3-7-17)11(18)9-4-5-10(13-12)15-14-9/h4-5,8,17H,3,6-7,12H2,1-2H3,(H,13,15). The third kappa shape index (κ3) is 3.64. The third-order valence-corrected chi connectivity index (χ3v) is 2.47. The number of anilines is 1. The average Bonchev–Trinajstić information content (AvgIpc) is 2.38. The molecule has 18 heavy (non-hydrogen) atoms. The van der Waals surface area contributed by atoms with Crippen LogP contribution in [0.1, 0.15) is 30.8 Å². The number of aliphatic hydroxyl groups is 1. The lowest BCUT2D eigenvalue weighted by Crippen LogP contribution is -2.38. The number of hydrogen-bond donors (Lipinski definition) is 3. The van der Waals surface area contributed by atoms with E-state index in [-0.39, 0.29) is 24.2 Å². The highest BCUT2D eigenvalue weighted by molar-refractivity contribution is 5.92. The number of carbonyl (C=O) groups is 1. The van der Waals surface area contributed by atoms with Gasteiger partial charge in [0.15, 0.2) is 11.5 Å². The molecule has 0 aromatic carbocycles. The van der Waals surface area contributed by atoms with Crippen molar-refractivity contribution < 1.29 is 9.90 Å². The van der Waals surface area contributed by atoms with Crippen LogP contribution >= 0.6 is 0 Å². The smallest absolute Gasteiger partial charge is 0.274 e. The Bertz CT molecular complexity index is 380. The monoisotopic (exact) mass is 253 g/mol. The molecule has 0 aliphatic heterocycles. The molecule has 1 heterocycles. The molecule has 7 heteroatoms. The number of nitrogen functional groups attached to an aromatic ring is 1. The zero-order valence-corrected chi connectivity index (χ0v) is 10.6. The van der Waals surface area contributed by atoms with Gasteiger partial charge < -0.3 is 15.4 Å². The van der Waals surface area contributed by atoms with E-state index < -0.39 is 0 Å². The van der Waals surface area contributed by atoms with Gasteiger partial charge in [-0.25, -0.2) is 5.84 Å². The number of rotatable bonds is 6. The van der Waals surface area contributed by atoms with Gasteiger partial charge in [0, 0.05) is 19.2 Å². The average molecular weight is 253 g/mol. The van der Waals surface area contributed by atoms with E-state index in [4.69, 9.17) is 10.9 Å². The Morgan fingerprint density at radius 2 is 2.22 bits per heavy atom. The van der Waals surface area contributed by atoms with Crippen molar-refractivity contribution in [1.29, 1.82) is 0 Å². The molecule has 0 bridgehead atoms. The number of hydrogen-bond acceptors (Lipinski definition) is 6. The van der Waals surface area contributed by atoms with Crippen LogP contribution in [0, 0.1) is 0 Å². The molecular weight excluding hydrogens is 234 g/mol. The fourth-order valence-electron chi connectivity index (χ4n) is 1.51. The van der Waals surface area contributed by atoms with Gasteiger partial charge >= 0.3 is 0 Å². The van der Waals surface area contributed by atoms with E-state index in [1.807, 2.05) is 13.8 Å². The minimum absolute atomic E-state index is 0.0400. The molecule has 1 amide bonds. The molecular formula is C11H19N5O2. The van der Waals surface area contributed by atoms with Crippen LogP contribution in [-0.4, -0.2) is 45.3 Å². The number of nitrogens with two attached hydrogens (primary N) is 1. The van der Waals surface area contributed by atoms with E-state index >= 15 is 0 Å². The minimum atomic E-state index is -0.200. The first-order valence-corrected chi connectivity index (χ1v) is 5.82. The highest BCUT2D eigenvalue weighted by Gasteiger charge is 2.19. The summed E-state index contributed by atoms with van der Waals surface area (Å²) >= 11 is 0. The summed E-state index contributed by atoms with van der Waals surface area (Å²) in [5.74, 6) is 5.38. The van der Waals surface area contributed by atoms with E-state index in [0.717, 1.165) is 0 Å². The van der Waals surface area contributed by atoms with Crippen molar-refractivity contribution in [1.82, 2.24) is 15.1 Å². The number of aliphatic hydroxyl groups excluding tert-OH is 1. The fraction of sp³-hybridized carbons (Fsp3) is 0.545. The van der Waals surface area contributed by atoms with Crippen LogP contribution in [0.5, 0.6) is 0 Å². The number of nitrogens with zero attached hydrogens (tertiary/aromatic N) is 3. The largest absolute Gasteiger partial charge is 0.396 e. The quantitative estimate of drug-likeness (QED) is 0.487. The van der Waals surface area contributed by atoms with Crippen molar-refractivity contribution in [3.63, 3.8) is 0 Å². The molecule has 0 saturated carbocycles. The first-order chi connectivity index (χ1) is 8.60. The predicted molar refractivity (Wildman–Crippen MR) is 67.7 cm³/mol. The van der Waals surface area contributed by atoms with Crippen LogP contribution < -0.4 is 11.3 Å². The molecule has 1 rings (SSSR count). The number of nitrogens with one attached hydrogen (secondary N) is 1. The Morgan fingerprint density at radius 1 is 1.50 bits per heavy atom. The lowest BCUT2D eigenvalue weighted by Gasteiger charge is -2.25. The lowest BCUT2D eigenvalue weighted by atomic mass is 10.2. The minimum Gasteiger partial charge on any atom is -0.396 e. The molecule has 0 spiro atoms. The molecule has 7 nitrogen and oxygen atoms in total. The Kier molecular flexibility index (Phi) is 5.47. The molecule has 0 aliphatic carbocycles. The normalized spacial score (nSPS) is 10.5. The van der Waals surface area contributed by atoms with Gasteiger partial charge in [0.25, 0.3) is 5.91 Å². The van der Waals surface area contributed by atoms with Crippen molar-refractivity contribution in [2.75, 3.05) is 18.6 Å². The summed E-state index contributed by atoms with van der Waals surface area (Å²) in [5.41, 5.74) is 2.61. The van der Waals surface area contributed by atoms with Crippen LogP contribution in [-0.2, 0) is 0 Å². The molecule has 1 aromatic rings. The van der Waals surface area contributed by atoms with Crippen LogP contribution in [0.25, 0.3) is 0 Å². The highest BCUT2D eigenvalue weighted by atomic mass is 16.3. The van der Waals surface area contributed by atoms with E-state index in [9.17, 15) is 4.79 Å². The van der Waals surface area contributed by atoms with Crippen molar-refractivity contribution in [2.45, 2.75) is 26.3 Å². The van der Waals surface area contributed by atoms with Gasteiger partial charge in [-0.2, -0.15) is 0 Å². The maximum atomic E-state index is 12.2. The summed E-state index contributed by atoms with van der Waals surface area (Å²) in [4.78, 5) is 13.8. The summed E-state index contributed by atoms with van der Waals surface area (Å²) in [5, 5.41) is 16.4. The molecule has 1 aromatic heterocycles. The number of hydrazine groups is 1. The van der Waals surface area contributed by atoms with Crippen LogP contribution in [0.15, 0.2) is 12.1 Å². The van der Waals surface area contributed by atoms with Crippen LogP contribution in [0.4, 0.5) is 5.82 Å². The molecule has 0 aliphatic rings. The SMILES string of the molecule is CC(C)N(CCCO)C(=O)c1ccc(NN)nn1. The first-order valence-electron chi connectivity index (χ1n) is 5.82. The zero-order valence-electron chi connectivity index (χ0n) is 10.6. The van der Waals surface area contributed by atoms with Gasteiger partial charge in [0.05, 0.1) is 0 Å². The van der Waals surface area contributed by atoms with Gasteiger partial charge in [-0.1, -0.05) is 0 Å². The van der Waals surface area contributed by atoms with Crippen molar-refractivity contribution in [3.8, 4) is 0 Å². The molecule has 0 saturated heterocycles. The summed E-state index contributed by atoms with van der Waals surface area (Å²) < 4.78 is 0. The van der Waals surface area contributed by atoms with Crippen LogP contribution in [0.3, 0.4) is 0 Å². The first kappa shape index (κ1) is 14.3. The highest BCUT2D eigenvalue weighted by Crippen LogP contribution is 2.08. The summed E-state index contributed by atoms with van der Waals surface area (Å²) in [6.45, 7) is 4.38. The molecule has 0 fully saturated rings. The van der Waals surface area contributed by atoms with Gasteiger partial charge in [0.2, 0.25) is 0 Å². The van der Waals surface area contributed by atoms with Gasteiger partial charge in [0.1, 0.15) is 0 Å². The van der Waals surface area contributed by atoms with Gasteiger partial charge in [-0.05, 0) is 32.4 Å². The maximum absolute atomic E-state index is 12.2. The molecule has 0 atom stereocenters. The summed E-state index contributed by atoms with van der Waals surface area (Å²) in [7, 11) is 0. The second-order valence-electron chi connectivity index (χ2n) is 4.12. The Hall–Kier alpha value is -1.73. The van der Waals surface area contributed by atoms with E-state index in [2.05, 4.69) is 15.6 Å². The van der Waals surface area contributed by atoms with Crippen molar-refractivity contribution in [3.05, 3.63) is 17.8 Å².